The number of nitrogens with zero attached hydrogens (tertiary/aromatic N) is 6. The van der Waals surface area contributed by atoms with Crippen molar-refractivity contribution in [1.29, 1.82) is 0 Å². The second-order valence-electron chi connectivity index (χ2n) is 9.52. The highest BCUT2D eigenvalue weighted by Crippen LogP contribution is 2.30. The molecule has 4 aromatic heterocycles. The fourth-order valence-electron chi connectivity index (χ4n) is 3.77. The van der Waals surface area contributed by atoms with Crippen LogP contribution < -0.4 is 5.56 Å². The van der Waals surface area contributed by atoms with E-state index in [-0.39, 0.29) is 34.5 Å². The summed E-state index contributed by atoms with van der Waals surface area (Å²) in [4.78, 5) is 35.5. The molecule has 1 N–H and O–H groups in total. The Balaban J connectivity index is 0.000000480. The molecule has 4 aromatic rings. The maximum Gasteiger partial charge on any atom is 0.263 e. The van der Waals surface area contributed by atoms with Crippen LogP contribution in [0.4, 0.5) is 8.78 Å². The molecule has 1 fully saturated rings. The number of methoxy groups -OCH3 is 1. The molecule has 196 valence electrons. The maximum absolute atomic E-state index is 14.0. The molecule has 5 heterocycles. The summed E-state index contributed by atoms with van der Waals surface area (Å²) in [6.07, 6.45) is 4.53. The number of carbonyl (C=O) groups is 1. The summed E-state index contributed by atoms with van der Waals surface area (Å²) < 4.78 is 38.9. The van der Waals surface area contributed by atoms with Crippen molar-refractivity contribution in [2.45, 2.75) is 45.1 Å². The lowest BCUT2D eigenvalue weighted by Gasteiger charge is -2.29. The van der Waals surface area contributed by atoms with Crippen LogP contribution in [-0.2, 0) is 9.53 Å². The van der Waals surface area contributed by atoms with Gasteiger partial charge < -0.3 is 19.1 Å². The number of H-pyrrole nitrogens is 1. The molecule has 0 atom stereocenters. The van der Waals surface area contributed by atoms with Gasteiger partial charge in [0.05, 0.1) is 23.7 Å². The molecule has 1 amide bonds. The number of fused-ring (bicyclic) bond motifs is 1. The number of pyridine rings is 1. The van der Waals surface area contributed by atoms with E-state index < -0.39 is 11.6 Å². The Kier molecular flexibility index (Phi) is 7.43. The van der Waals surface area contributed by atoms with E-state index in [1.54, 1.807) is 16.5 Å². The summed E-state index contributed by atoms with van der Waals surface area (Å²) in [7, 11) is 1.71. The van der Waals surface area contributed by atoms with E-state index in [4.69, 9.17) is 9.26 Å². The molecule has 0 unspecified atom stereocenters. The van der Waals surface area contributed by atoms with Crippen molar-refractivity contribution in [3.63, 3.8) is 0 Å². The van der Waals surface area contributed by atoms with Gasteiger partial charge in [0.1, 0.15) is 22.7 Å². The van der Waals surface area contributed by atoms with Crippen LogP contribution in [0.15, 0.2) is 33.8 Å². The highest BCUT2D eigenvalue weighted by atomic mass is 19.1. The van der Waals surface area contributed by atoms with Gasteiger partial charge in [0, 0.05) is 38.2 Å². The molecule has 11 nitrogen and oxygen atoms in total. The first-order valence-electron chi connectivity index (χ1n) is 11.6. The lowest BCUT2D eigenvalue weighted by Crippen LogP contribution is -2.32. The third-order valence-electron chi connectivity index (χ3n) is 5.92. The molecule has 0 aromatic carbocycles. The lowest BCUT2D eigenvalue weighted by molar-refractivity contribution is -0.119. The van der Waals surface area contributed by atoms with Gasteiger partial charge in [0.25, 0.3) is 11.4 Å². The van der Waals surface area contributed by atoms with Crippen LogP contribution in [0.3, 0.4) is 0 Å². The largest absolute Gasteiger partial charge is 0.379 e. The summed E-state index contributed by atoms with van der Waals surface area (Å²) >= 11 is 0. The SMILES string of the molecule is COC(C)(C)C.O=CN1CCC(c2cc(=O)[nH]c3c(-c4nc(-c5ncc(F)cc5F)no4)cnn23)CC1. The quantitative estimate of drug-likeness (QED) is 0.410. The zero-order valence-corrected chi connectivity index (χ0v) is 20.9. The van der Waals surface area contributed by atoms with Crippen LogP contribution >= 0.6 is 0 Å². The fourth-order valence-corrected chi connectivity index (χ4v) is 3.77. The Bertz CT molecular complexity index is 1450. The van der Waals surface area contributed by atoms with E-state index in [0.717, 1.165) is 12.6 Å². The Hall–Kier alpha value is -4.00. The van der Waals surface area contributed by atoms with Gasteiger partial charge in [0.15, 0.2) is 5.82 Å². The molecule has 1 aliphatic heterocycles. The molecule has 0 bridgehead atoms. The van der Waals surface area contributed by atoms with Gasteiger partial charge in [-0.25, -0.2) is 18.3 Å². The highest BCUT2D eigenvalue weighted by Gasteiger charge is 2.25. The fraction of sp³-hybridized carbons (Fsp3) is 0.417. The number of aromatic amines is 1. The monoisotopic (exact) mass is 515 g/mol. The standard InChI is InChI=1S/C19H15F2N7O3.C5H12O/c20-11-5-13(21)16(22-7-11)17-25-19(31-26-17)12-8-23-28-14(6-15(30)24-18(12)28)10-1-3-27(9-29)4-2-10;1-5(2,3)6-4/h5-10H,1-4H2,(H,24,30);1-4H3. The van der Waals surface area contributed by atoms with Crippen LogP contribution in [0.5, 0.6) is 0 Å². The summed E-state index contributed by atoms with van der Waals surface area (Å²) in [5.41, 5.74) is 0.868. The highest BCUT2D eigenvalue weighted by molar-refractivity contribution is 5.72. The number of carbonyl (C=O) groups excluding carboxylic acids is 1. The average Bonchev–Trinajstić information content (AvgIpc) is 3.51. The minimum absolute atomic E-state index is 0.000834. The molecule has 0 radical (unpaired) electrons. The minimum Gasteiger partial charge on any atom is -0.379 e. The van der Waals surface area contributed by atoms with Crippen molar-refractivity contribution in [3.8, 4) is 23.0 Å². The predicted octanol–water partition coefficient (Wildman–Crippen LogP) is 3.18. The molecule has 0 saturated carbocycles. The number of halogens is 2. The van der Waals surface area contributed by atoms with Gasteiger partial charge in [0.2, 0.25) is 12.2 Å². The molecular formula is C24H27F2N7O4. The second kappa shape index (κ2) is 10.5. The van der Waals surface area contributed by atoms with Gasteiger partial charge >= 0.3 is 0 Å². The van der Waals surface area contributed by atoms with Crippen molar-refractivity contribution in [3.05, 3.63) is 52.2 Å². The molecule has 5 rings (SSSR count). The lowest BCUT2D eigenvalue weighted by atomic mass is 9.93. The molecule has 37 heavy (non-hydrogen) atoms. The molecule has 0 spiro atoms. The van der Waals surface area contributed by atoms with E-state index in [1.165, 1.54) is 12.3 Å². The molecule has 1 aliphatic rings. The van der Waals surface area contributed by atoms with Crippen LogP contribution in [0, 0.1) is 11.6 Å². The summed E-state index contributed by atoms with van der Waals surface area (Å²) in [6.45, 7) is 7.26. The second-order valence-corrected chi connectivity index (χ2v) is 9.52. The first kappa shape index (κ1) is 26.1. The number of hydrogen-bond donors (Lipinski definition) is 1. The Labute approximate surface area is 210 Å². The topological polar surface area (TPSA) is 132 Å². The molecular weight excluding hydrogens is 488 g/mol. The van der Waals surface area contributed by atoms with Gasteiger partial charge in [-0.05, 0) is 33.6 Å². The van der Waals surface area contributed by atoms with Crippen LogP contribution in [0.25, 0.3) is 28.6 Å². The molecule has 0 aliphatic carbocycles. The first-order valence-corrected chi connectivity index (χ1v) is 11.6. The van der Waals surface area contributed by atoms with E-state index in [9.17, 15) is 18.4 Å². The normalized spacial score (nSPS) is 14.5. The smallest absolute Gasteiger partial charge is 0.263 e. The predicted molar refractivity (Wildman–Crippen MR) is 129 cm³/mol. The third-order valence-corrected chi connectivity index (χ3v) is 5.92. The van der Waals surface area contributed by atoms with Crippen LogP contribution in [0.1, 0.15) is 45.2 Å². The number of amides is 1. The van der Waals surface area contributed by atoms with Crippen LogP contribution in [-0.4, -0.2) is 66.8 Å². The molecule has 13 heteroatoms. The maximum atomic E-state index is 14.0. The van der Waals surface area contributed by atoms with Crippen molar-refractivity contribution in [1.82, 2.24) is 34.6 Å². The van der Waals surface area contributed by atoms with Gasteiger partial charge in [-0.3, -0.25) is 9.59 Å². The number of likely N-dealkylation sites (tertiary alicyclic amines) is 1. The van der Waals surface area contributed by atoms with Crippen molar-refractivity contribution in [2.24, 2.45) is 0 Å². The summed E-state index contributed by atoms with van der Waals surface area (Å²) in [6, 6.07) is 2.16. The number of ether oxygens (including phenoxy) is 1. The number of nitrogens with one attached hydrogen (secondary N) is 1. The number of piperidine rings is 1. The van der Waals surface area contributed by atoms with E-state index in [1.807, 2.05) is 20.8 Å². The van der Waals surface area contributed by atoms with E-state index in [2.05, 4.69) is 25.2 Å². The van der Waals surface area contributed by atoms with Gasteiger partial charge in [-0.2, -0.15) is 10.1 Å². The third kappa shape index (κ3) is 5.88. The summed E-state index contributed by atoms with van der Waals surface area (Å²) in [5.74, 6) is -1.86. The van der Waals surface area contributed by atoms with Gasteiger partial charge in [-0.15, -0.1) is 0 Å². The average molecular weight is 516 g/mol. The number of hydrogen-bond acceptors (Lipinski definition) is 8. The van der Waals surface area contributed by atoms with Crippen molar-refractivity contribution >= 4 is 12.1 Å². The number of rotatable bonds is 4. The van der Waals surface area contributed by atoms with E-state index in [0.29, 0.717) is 48.9 Å². The Morgan fingerprint density at radius 1 is 1.19 bits per heavy atom. The van der Waals surface area contributed by atoms with Crippen LogP contribution in [0.2, 0.25) is 0 Å². The first-order chi connectivity index (χ1) is 17.6. The zero-order valence-electron chi connectivity index (χ0n) is 20.9. The molecule has 1 saturated heterocycles. The zero-order chi connectivity index (χ0) is 26.7. The Morgan fingerprint density at radius 3 is 2.51 bits per heavy atom. The van der Waals surface area contributed by atoms with E-state index >= 15 is 0 Å². The van der Waals surface area contributed by atoms with Crippen molar-refractivity contribution < 1.29 is 22.8 Å². The Morgan fingerprint density at radius 2 is 1.89 bits per heavy atom. The van der Waals surface area contributed by atoms with Gasteiger partial charge in [-0.1, -0.05) is 5.16 Å². The minimum atomic E-state index is -0.926. The number of aromatic nitrogens is 6. The summed E-state index contributed by atoms with van der Waals surface area (Å²) in [5, 5.41) is 8.07. The van der Waals surface area contributed by atoms with Crippen molar-refractivity contribution in [2.75, 3.05) is 20.2 Å².